The molecular formula is C24H28N2. The third kappa shape index (κ3) is 2.98. The quantitative estimate of drug-likeness (QED) is 0.678. The Morgan fingerprint density at radius 2 is 1.96 bits per heavy atom. The van der Waals surface area contributed by atoms with Gasteiger partial charge in [0.15, 0.2) is 0 Å². The molecule has 2 heterocycles. The minimum atomic E-state index is 0.866. The Hall–Kier alpha value is -2.35. The summed E-state index contributed by atoms with van der Waals surface area (Å²) in [5.74, 6) is 0.866. The van der Waals surface area contributed by atoms with Gasteiger partial charge in [0.25, 0.3) is 0 Å². The third-order valence-electron chi connectivity index (χ3n) is 5.85. The van der Waals surface area contributed by atoms with Gasteiger partial charge in [-0.25, -0.2) is 0 Å². The molecule has 2 aromatic heterocycles. The second kappa shape index (κ2) is 7.11. The lowest BCUT2D eigenvalue weighted by molar-refractivity contribution is 0.312. The minimum absolute atomic E-state index is 0.866. The second-order valence-electron chi connectivity index (χ2n) is 7.53. The van der Waals surface area contributed by atoms with E-state index in [0.29, 0.717) is 0 Å². The number of fused-ring (bicyclic) bond motifs is 1. The third-order valence-corrected chi connectivity index (χ3v) is 5.85. The highest BCUT2D eigenvalue weighted by atomic mass is 14.9. The summed E-state index contributed by atoms with van der Waals surface area (Å²) in [6.07, 6.45) is 12.9. The van der Waals surface area contributed by atoms with Crippen molar-refractivity contribution >= 4 is 23.1 Å². The highest BCUT2D eigenvalue weighted by Crippen LogP contribution is 2.30. The predicted molar refractivity (Wildman–Crippen MR) is 111 cm³/mol. The van der Waals surface area contributed by atoms with Gasteiger partial charge in [-0.3, -0.25) is 4.98 Å². The van der Waals surface area contributed by atoms with Gasteiger partial charge >= 0.3 is 0 Å². The maximum absolute atomic E-state index is 4.73. The monoisotopic (exact) mass is 344 g/mol. The minimum Gasteiger partial charge on any atom is -0.344 e. The average Bonchev–Trinajstić information content (AvgIpc) is 2.90. The molecule has 1 aromatic carbocycles. The molecule has 0 N–H and O–H groups in total. The van der Waals surface area contributed by atoms with Crippen LogP contribution in [-0.2, 0) is 13.5 Å². The van der Waals surface area contributed by atoms with Crippen molar-refractivity contribution in [2.24, 2.45) is 13.0 Å². The zero-order valence-corrected chi connectivity index (χ0v) is 16.1. The van der Waals surface area contributed by atoms with Crippen molar-refractivity contribution in [1.82, 2.24) is 9.55 Å². The van der Waals surface area contributed by atoms with Crippen LogP contribution in [0.25, 0.3) is 34.2 Å². The van der Waals surface area contributed by atoms with Gasteiger partial charge in [0.2, 0.25) is 0 Å². The molecule has 0 bridgehead atoms. The summed E-state index contributed by atoms with van der Waals surface area (Å²) in [7, 11) is 2.17. The van der Waals surface area contributed by atoms with Gasteiger partial charge in [0, 0.05) is 46.0 Å². The molecule has 0 saturated heterocycles. The summed E-state index contributed by atoms with van der Waals surface area (Å²) in [5.41, 5.74) is 4.97. The van der Waals surface area contributed by atoms with Crippen LogP contribution in [0.5, 0.6) is 0 Å². The van der Waals surface area contributed by atoms with Crippen LogP contribution in [0.1, 0.15) is 45.2 Å². The van der Waals surface area contributed by atoms with E-state index >= 15 is 0 Å². The first kappa shape index (κ1) is 17.1. The lowest BCUT2D eigenvalue weighted by atomic mass is 9.82. The number of rotatable bonds is 4. The van der Waals surface area contributed by atoms with E-state index in [1.807, 2.05) is 6.20 Å². The van der Waals surface area contributed by atoms with Gasteiger partial charge in [-0.2, -0.15) is 0 Å². The summed E-state index contributed by atoms with van der Waals surface area (Å²) < 4.78 is 2.32. The predicted octanol–water partition coefficient (Wildman–Crippen LogP) is 4.57. The zero-order valence-electron chi connectivity index (χ0n) is 16.1. The molecule has 1 aliphatic rings. The second-order valence-corrected chi connectivity index (χ2v) is 7.53. The number of benzene rings is 1. The molecule has 26 heavy (non-hydrogen) atoms. The van der Waals surface area contributed by atoms with Crippen LogP contribution in [0.3, 0.4) is 0 Å². The maximum Gasteiger partial charge on any atom is 0.0494 e. The molecule has 4 rings (SSSR count). The molecule has 134 valence electrons. The fourth-order valence-electron chi connectivity index (χ4n) is 4.12. The Balaban J connectivity index is 1.73. The molecule has 1 fully saturated rings. The fourth-order valence-corrected chi connectivity index (χ4v) is 4.12. The topological polar surface area (TPSA) is 17.8 Å². The van der Waals surface area contributed by atoms with Crippen molar-refractivity contribution in [2.75, 3.05) is 0 Å². The number of aromatic nitrogens is 2. The van der Waals surface area contributed by atoms with Crippen LogP contribution >= 0.6 is 0 Å². The molecule has 0 aliphatic heterocycles. The fraction of sp³-hybridized carbons (Fsp3) is 0.375. The number of nitrogens with zero attached hydrogens (tertiary/aromatic N) is 2. The Bertz CT molecular complexity index is 1030. The molecule has 0 unspecified atom stereocenters. The van der Waals surface area contributed by atoms with Crippen LogP contribution in [0.15, 0.2) is 36.5 Å². The van der Waals surface area contributed by atoms with E-state index in [1.54, 1.807) is 0 Å². The zero-order chi connectivity index (χ0) is 18.1. The Kier molecular flexibility index (Phi) is 4.67. The first-order valence-corrected chi connectivity index (χ1v) is 9.91. The number of hydrogen-bond acceptors (Lipinski definition) is 1. The maximum atomic E-state index is 4.73. The van der Waals surface area contributed by atoms with E-state index in [0.717, 1.165) is 18.8 Å². The van der Waals surface area contributed by atoms with Crippen molar-refractivity contribution in [2.45, 2.75) is 46.0 Å². The summed E-state index contributed by atoms with van der Waals surface area (Å²) >= 11 is 0. The highest BCUT2D eigenvalue weighted by molar-refractivity contribution is 5.86. The highest BCUT2D eigenvalue weighted by Gasteiger charge is 2.18. The van der Waals surface area contributed by atoms with Gasteiger partial charge in [-0.05, 0) is 43.4 Å². The van der Waals surface area contributed by atoms with Gasteiger partial charge in [-0.1, -0.05) is 56.5 Å². The van der Waals surface area contributed by atoms with E-state index in [9.17, 15) is 0 Å². The van der Waals surface area contributed by atoms with E-state index in [1.165, 1.54) is 57.6 Å². The Labute approximate surface area is 155 Å². The lowest BCUT2D eigenvalue weighted by Crippen LogP contribution is -2.27. The van der Waals surface area contributed by atoms with Crippen LogP contribution in [0, 0.1) is 5.92 Å². The first-order valence-electron chi connectivity index (χ1n) is 9.91. The molecule has 0 atom stereocenters. The van der Waals surface area contributed by atoms with Crippen LogP contribution in [0.4, 0.5) is 0 Å². The summed E-state index contributed by atoms with van der Waals surface area (Å²) in [5, 5.41) is 3.98. The van der Waals surface area contributed by atoms with Crippen LogP contribution < -0.4 is 10.6 Å². The molecule has 1 aliphatic carbocycles. The lowest BCUT2D eigenvalue weighted by Gasteiger charge is -2.24. The molecule has 3 aromatic rings. The van der Waals surface area contributed by atoms with Crippen molar-refractivity contribution in [3.63, 3.8) is 0 Å². The molecule has 0 amide bonds. The smallest absolute Gasteiger partial charge is 0.0494 e. The van der Waals surface area contributed by atoms with E-state index < -0.39 is 0 Å². The van der Waals surface area contributed by atoms with Crippen molar-refractivity contribution in [3.05, 3.63) is 52.8 Å². The van der Waals surface area contributed by atoms with Gasteiger partial charge in [-0.15, -0.1) is 0 Å². The SMILES string of the molecule is C/C=c1\c(=C/CC)n(C)c2cc(-c3ccc(CC4CCC4)nc3)ccc12. The van der Waals surface area contributed by atoms with E-state index in [2.05, 4.69) is 67.9 Å². The van der Waals surface area contributed by atoms with E-state index in [-0.39, 0.29) is 0 Å². The number of aryl methyl sites for hydroxylation is 1. The largest absolute Gasteiger partial charge is 0.344 e. The Morgan fingerprint density at radius 3 is 2.58 bits per heavy atom. The molecule has 2 heteroatoms. The van der Waals surface area contributed by atoms with Gasteiger partial charge < -0.3 is 4.57 Å². The summed E-state index contributed by atoms with van der Waals surface area (Å²) in [4.78, 5) is 4.73. The van der Waals surface area contributed by atoms with Gasteiger partial charge in [0.1, 0.15) is 0 Å². The van der Waals surface area contributed by atoms with Crippen molar-refractivity contribution in [1.29, 1.82) is 0 Å². The molecule has 1 saturated carbocycles. The molecule has 0 spiro atoms. The molecule has 0 radical (unpaired) electrons. The van der Waals surface area contributed by atoms with Crippen molar-refractivity contribution in [3.8, 4) is 11.1 Å². The summed E-state index contributed by atoms with van der Waals surface area (Å²) in [6, 6.07) is 11.2. The van der Waals surface area contributed by atoms with Crippen LogP contribution in [0.2, 0.25) is 0 Å². The summed E-state index contributed by atoms with van der Waals surface area (Å²) in [6.45, 7) is 4.32. The Morgan fingerprint density at radius 1 is 1.15 bits per heavy atom. The number of hydrogen-bond donors (Lipinski definition) is 0. The normalized spacial score (nSPS) is 16.4. The number of pyridine rings is 1. The molecule has 2 nitrogen and oxygen atoms in total. The van der Waals surface area contributed by atoms with Gasteiger partial charge in [0.05, 0.1) is 0 Å². The van der Waals surface area contributed by atoms with Crippen LogP contribution in [-0.4, -0.2) is 9.55 Å². The standard InChI is InChI=1S/C24H28N2/c1-4-7-23-21(5-2)22-13-11-18(15-24(22)26(23)3)19-10-12-20(25-16-19)14-17-8-6-9-17/h5,7,10-13,15-17H,4,6,8-9,14H2,1-3H3/b21-5-,23-7+. The first-order chi connectivity index (χ1) is 12.7. The molecular weight excluding hydrogens is 316 g/mol. The van der Waals surface area contributed by atoms with Crippen molar-refractivity contribution < 1.29 is 0 Å². The van der Waals surface area contributed by atoms with E-state index in [4.69, 9.17) is 4.98 Å². The average molecular weight is 345 g/mol.